The van der Waals surface area contributed by atoms with E-state index in [2.05, 4.69) is 0 Å². The Kier molecular flexibility index (Phi) is 2.17. The van der Waals surface area contributed by atoms with Gasteiger partial charge in [0.2, 0.25) is 0 Å². The van der Waals surface area contributed by atoms with Gasteiger partial charge in [0, 0.05) is 0 Å². The maximum atomic E-state index is 10.8. The molecule has 2 N–H and O–H groups in total. The van der Waals surface area contributed by atoms with Gasteiger partial charge in [-0.2, -0.15) is 0 Å². The number of aliphatic hydroxyl groups is 1. The molecule has 0 aromatic heterocycles. The van der Waals surface area contributed by atoms with Crippen molar-refractivity contribution in [1.82, 2.24) is 0 Å². The molecule has 0 aromatic rings. The lowest BCUT2D eigenvalue weighted by atomic mass is 9.70. The zero-order chi connectivity index (χ0) is 9.41. The molecule has 1 aliphatic carbocycles. The Hall–Kier alpha value is -0.570. The minimum absolute atomic E-state index is 0.579. The Labute approximate surface area is 72.4 Å². The molecule has 1 fully saturated rings. The standard InChI is InChI=1S/C9H16O3/c1-8(7(10)11)3-5-9(2,12)6-4-8/h12H,3-6H2,1-2H3,(H,10,11)/t8-,9-. The Morgan fingerprint density at radius 2 is 1.58 bits per heavy atom. The summed E-state index contributed by atoms with van der Waals surface area (Å²) in [5.41, 5.74) is -1.25. The highest BCUT2D eigenvalue weighted by atomic mass is 16.4. The summed E-state index contributed by atoms with van der Waals surface area (Å²) in [5, 5.41) is 18.5. The van der Waals surface area contributed by atoms with Crippen LogP contribution in [0.2, 0.25) is 0 Å². The summed E-state index contributed by atoms with van der Waals surface area (Å²) in [4.78, 5) is 10.8. The fraction of sp³-hybridized carbons (Fsp3) is 0.889. The first-order chi connectivity index (χ1) is 5.36. The number of carboxylic acid groups (broad SMARTS) is 1. The van der Waals surface area contributed by atoms with E-state index in [9.17, 15) is 9.90 Å². The van der Waals surface area contributed by atoms with Crippen LogP contribution < -0.4 is 0 Å². The molecule has 3 heteroatoms. The largest absolute Gasteiger partial charge is 0.481 e. The highest BCUT2D eigenvalue weighted by Gasteiger charge is 2.41. The predicted molar refractivity (Wildman–Crippen MR) is 44.8 cm³/mol. The number of carboxylic acids is 1. The molecule has 1 saturated carbocycles. The Morgan fingerprint density at radius 1 is 1.17 bits per heavy atom. The molecule has 1 aliphatic rings. The fourth-order valence-corrected chi connectivity index (χ4v) is 1.55. The molecular formula is C9H16O3. The van der Waals surface area contributed by atoms with Crippen molar-refractivity contribution in [3.8, 4) is 0 Å². The molecule has 70 valence electrons. The van der Waals surface area contributed by atoms with Crippen LogP contribution >= 0.6 is 0 Å². The predicted octanol–water partition coefficient (Wildman–Crippen LogP) is 1.40. The molecule has 0 radical (unpaired) electrons. The highest BCUT2D eigenvalue weighted by molar-refractivity contribution is 5.74. The molecule has 3 nitrogen and oxygen atoms in total. The second-order valence-electron chi connectivity index (χ2n) is 4.36. The molecule has 0 atom stereocenters. The Bertz CT molecular complexity index is 186. The van der Waals surface area contributed by atoms with Gasteiger partial charge in [0.05, 0.1) is 11.0 Å². The van der Waals surface area contributed by atoms with E-state index in [-0.39, 0.29) is 0 Å². The van der Waals surface area contributed by atoms with Crippen LogP contribution in [0.3, 0.4) is 0 Å². The van der Waals surface area contributed by atoms with Gasteiger partial charge in [0.25, 0.3) is 0 Å². The van der Waals surface area contributed by atoms with Crippen molar-refractivity contribution in [2.45, 2.75) is 45.1 Å². The quantitative estimate of drug-likeness (QED) is 0.628. The topological polar surface area (TPSA) is 57.5 Å². The molecule has 12 heavy (non-hydrogen) atoms. The average molecular weight is 172 g/mol. The average Bonchev–Trinajstić information content (AvgIpc) is 1.96. The SMILES string of the molecule is C[C@]1(O)CC[C@](C)(C(=O)O)CC1. The highest BCUT2D eigenvalue weighted by Crippen LogP contribution is 2.40. The molecule has 0 spiro atoms. The lowest BCUT2D eigenvalue weighted by Gasteiger charge is -2.37. The molecule has 0 unspecified atom stereocenters. The van der Waals surface area contributed by atoms with Crippen LogP contribution in [-0.2, 0) is 4.79 Å². The molecule has 0 saturated heterocycles. The van der Waals surface area contributed by atoms with Crippen molar-refractivity contribution in [2.75, 3.05) is 0 Å². The minimum Gasteiger partial charge on any atom is -0.481 e. The van der Waals surface area contributed by atoms with E-state index in [1.165, 1.54) is 0 Å². The van der Waals surface area contributed by atoms with E-state index >= 15 is 0 Å². The van der Waals surface area contributed by atoms with Gasteiger partial charge in [-0.25, -0.2) is 0 Å². The van der Waals surface area contributed by atoms with Crippen molar-refractivity contribution >= 4 is 5.97 Å². The van der Waals surface area contributed by atoms with E-state index in [0.29, 0.717) is 25.7 Å². The number of rotatable bonds is 1. The van der Waals surface area contributed by atoms with Crippen molar-refractivity contribution in [3.05, 3.63) is 0 Å². The van der Waals surface area contributed by atoms with Gasteiger partial charge in [-0.1, -0.05) is 0 Å². The number of hydrogen-bond acceptors (Lipinski definition) is 2. The zero-order valence-electron chi connectivity index (χ0n) is 7.63. The van der Waals surface area contributed by atoms with Crippen LogP contribution in [0.1, 0.15) is 39.5 Å². The van der Waals surface area contributed by atoms with Crippen LogP contribution in [0.15, 0.2) is 0 Å². The maximum absolute atomic E-state index is 10.8. The summed E-state index contributed by atoms with van der Waals surface area (Å²) in [5.74, 6) is -0.738. The Balaban J connectivity index is 2.62. The van der Waals surface area contributed by atoms with Crippen LogP contribution in [0.25, 0.3) is 0 Å². The third-order valence-corrected chi connectivity index (χ3v) is 2.95. The van der Waals surface area contributed by atoms with Crippen molar-refractivity contribution in [2.24, 2.45) is 5.41 Å². The minimum atomic E-state index is -0.738. The van der Waals surface area contributed by atoms with E-state index in [0.717, 1.165) is 0 Å². The first-order valence-electron chi connectivity index (χ1n) is 4.32. The third-order valence-electron chi connectivity index (χ3n) is 2.95. The van der Waals surface area contributed by atoms with Gasteiger partial charge in [-0.05, 0) is 39.5 Å². The van der Waals surface area contributed by atoms with Gasteiger partial charge in [0.1, 0.15) is 0 Å². The summed E-state index contributed by atoms with van der Waals surface area (Å²) >= 11 is 0. The second-order valence-corrected chi connectivity index (χ2v) is 4.36. The van der Waals surface area contributed by atoms with Crippen molar-refractivity contribution in [1.29, 1.82) is 0 Å². The molecule has 0 bridgehead atoms. The summed E-state index contributed by atoms with van der Waals surface area (Å²) in [6.07, 6.45) is 2.34. The summed E-state index contributed by atoms with van der Waals surface area (Å²) in [6, 6.07) is 0. The second kappa shape index (κ2) is 2.73. The van der Waals surface area contributed by atoms with E-state index in [1.54, 1.807) is 13.8 Å². The van der Waals surface area contributed by atoms with Crippen molar-refractivity contribution < 1.29 is 15.0 Å². The molecule has 1 rings (SSSR count). The van der Waals surface area contributed by atoms with Gasteiger partial charge in [-0.15, -0.1) is 0 Å². The smallest absolute Gasteiger partial charge is 0.309 e. The van der Waals surface area contributed by atoms with Crippen LogP contribution in [0.5, 0.6) is 0 Å². The monoisotopic (exact) mass is 172 g/mol. The van der Waals surface area contributed by atoms with Gasteiger partial charge < -0.3 is 10.2 Å². The van der Waals surface area contributed by atoms with E-state index < -0.39 is 17.0 Å². The Morgan fingerprint density at radius 3 is 1.92 bits per heavy atom. The molecule has 0 aliphatic heterocycles. The normalized spacial score (nSPS) is 42.6. The number of carbonyl (C=O) groups is 1. The molecular weight excluding hydrogens is 156 g/mol. The van der Waals surface area contributed by atoms with Crippen LogP contribution in [-0.4, -0.2) is 21.8 Å². The first kappa shape index (κ1) is 9.52. The fourth-order valence-electron chi connectivity index (χ4n) is 1.55. The summed E-state index contributed by atoms with van der Waals surface area (Å²) in [6.45, 7) is 3.53. The van der Waals surface area contributed by atoms with Gasteiger partial charge >= 0.3 is 5.97 Å². The lowest BCUT2D eigenvalue weighted by molar-refractivity contribution is -0.152. The van der Waals surface area contributed by atoms with Crippen LogP contribution in [0.4, 0.5) is 0 Å². The lowest BCUT2D eigenvalue weighted by Crippen LogP contribution is -2.39. The maximum Gasteiger partial charge on any atom is 0.309 e. The molecule has 0 amide bonds. The molecule has 0 heterocycles. The number of hydrogen-bond donors (Lipinski definition) is 2. The van der Waals surface area contributed by atoms with Crippen LogP contribution in [0, 0.1) is 5.41 Å². The van der Waals surface area contributed by atoms with Gasteiger partial charge in [-0.3, -0.25) is 4.79 Å². The molecule has 0 aromatic carbocycles. The first-order valence-corrected chi connectivity index (χ1v) is 4.32. The van der Waals surface area contributed by atoms with Crippen molar-refractivity contribution in [3.63, 3.8) is 0 Å². The van der Waals surface area contributed by atoms with Gasteiger partial charge in [0.15, 0.2) is 0 Å². The summed E-state index contributed by atoms with van der Waals surface area (Å²) in [7, 11) is 0. The third kappa shape index (κ3) is 1.78. The number of aliphatic carboxylic acids is 1. The van der Waals surface area contributed by atoms with E-state index in [4.69, 9.17) is 5.11 Å². The van der Waals surface area contributed by atoms with E-state index in [1.807, 2.05) is 0 Å². The zero-order valence-corrected chi connectivity index (χ0v) is 7.63. The summed E-state index contributed by atoms with van der Waals surface area (Å²) < 4.78 is 0.